The standard InChI is InChI=1S/C24H31Cl2N5O2/c1-4-33-18-12-19(25)23(20(26)13-18)22-15(3)30-31-21(11-14(2)29-24(22)31)28-10-9-27-16-5-7-17(32)8-6-16/h11-13,16-17,27-28,32H,4-10H2,1-3H3. The fourth-order valence-electron chi connectivity index (χ4n) is 4.45. The first-order valence-electron chi connectivity index (χ1n) is 11.5. The van der Waals surface area contributed by atoms with Gasteiger partial charge in [0.05, 0.1) is 34.0 Å². The molecule has 4 rings (SSSR count). The molecule has 2 heterocycles. The average molecular weight is 492 g/mol. The molecule has 0 spiro atoms. The maximum absolute atomic E-state index is 9.67. The predicted octanol–water partition coefficient (Wildman–Crippen LogP) is 5.02. The zero-order valence-corrected chi connectivity index (χ0v) is 20.8. The monoisotopic (exact) mass is 491 g/mol. The molecule has 1 aliphatic carbocycles. The van der Waals surface area contributed by atoms with Crippen molar-refractivity contribution in [3.8, 4) is 16.9 Å². The fraction of sp³-hybridized carbons (Fsp3) is 0.500. The number of nitrogens with one attached hydrogen (secondary N) is 2. The number of aliphatic hydroxyl groups excluding tert-OH is 1. The molecule has 3 aromatic rings. The molecule has 0 bridgehead atoms. The van der Waals surface area contributed by atoms with Gasteiger partial charge >= 0.3 is 0 Å². The van der Waals surface area contributed by atoms with Gasteiger partial charge in [-0.15, -0.1) is 0 Å². The van der Waals surface area contributed by atoms with E-state index < -0.39 is 0 Å². The van der Waals surface area contributed by atoms with Crippen molar-refractivity contribution in [3.05, 3.63) is 39.6 Å². The molecular formula is C24H31Cl2N5O2. The number of fused-ring (bicyclic) bond motifs is 1. The van der Waals surface area contributed by atoms with Crippen LogP contribution in [-0.2, 0) is 0 Å². The Labute approximate surface area is 204 Å². The lowest BCUT2D eigenvalue weighted by molar-refractivity contribution is 0.117. The van der Waals surface area contributed by atoms with Crippen molar-refractivity contribution in [2.75, 3.05) is 25.0 Å². The van der Waals surface area contributed by atoms with Gasteiger partial charge < -0.3 is 20.5 Å². The Balaban J connectivity index is 1.57. The number of rotatable bonds is 8. The summed E-state index contributed by atoms with van der Waals surface area (Å²) in [5.41, 5.74) is 3.90. The smallest absolute Gasteiger partial charge is 0.165 e. The van der Waals surface area contributed by atoms with Crippen LogP contribution < -0.4 is 15.4 Å². The van der Waals surface area contributed by atoms with Gasteiger partial charge in [0.1, 0.15) is 11.6 Å². The van der Waals surface area contributed by atoms with Gasteiger partial charge in [0.2, 0.25) is 0 Å². The zero-order valence-electron chi connectivity index (χ0n) is 19.3. The van der Waals surface area contributed by atoms with Crippen LogP contribution in [0, 0.1) is 13.8 Å². The molecule has 3 N–H and O–H groups in total. The number of aliphatic hydroxyl groups is 1. The molecule has 0 radical (unpaired) electrons. The summed E-state index contributed by atoms with van der Waals surface area (Å²) < 4.78 is 7.38. The Bertz CT molecular complexity index is 1100. The van der Waals surface area contributed by atoms with Gasteiger partial charge in [-0.05, 0) is 58.6 Å². The summed E-state index contributed by atoms with van der Waals surface area (Å²) in [6, 6.07) is 6.01. The van der Waals surface area contributed by atoms with Crippen LogP contribution in [0.1, 0.15) is 44.0 Å². The number of aryl methyl sites for hydroxylation is 2. The number of anilines is 1. The minimum absolute atomic E-state index is 0.135. The Hall–Kier alpha value is -2.06. The fourth-order valence-corrected chi connectivity index (χ4v) is 5.10. The molecule has 0 atom stereocenters. The van der Waals surface area contributed by atoms with Crippen molar-refractivity contribution in [2.24, 2.45) is 0 Å². The van der Waals surface area contributed by atoms with Crippen LogP contribution in [0.15, 0.2) is 18.2 Å². The molecule has 1 aliphatic rings. The highest BCUT2D eigenvalue weighted by Crippen LogP contribution is 2.41. The van der Waals surface area contributed by atoms with E-state index in [1.54, 1.807) is 12.1 Å². The molecule has 1 saturated carbocycles. The number of benzene rings is 1. The van der Waals surface area contributed by atoms with Gasteiger partial charge in [-0.25, -0.2) is 4.98 Å². The van der Waals surface area contributed by atoms with Crippen molar-refractivity contribution in [1.82, 2.24) is 19.9 Å². The zero-order chi connectivity index (χ0) is 23.5. The van der Waals surface area contributed by atoms with Crippen LogP contribution in [0.4, 0.5) is 5.82 Å². The van der Waals surface area contributed by atoms with Crippen LogP contribution >= 0.6 is 23.2 Å². The lowest BCUT2D eigenvalue weighted by Gasteiger charge is -2.26. The van der Waals surface area contributed by atoms with E-state index in [2.05, 4.69) is 10.6 Å². The Morgan fingerprint density at radius 3 is 2.42 bits per heavy atom. The highest BCUT2D eigenvalue weighted by Gasteiger charge is 2.22. The molecule has 1 fully saturated rings. The second-order valence-corrected chi connectivity index (χ2v) is 9.37. The molecule has 0 saturated heterocycles. The van der Waals surface area contributed by atoms with Crippen molar-refractivity contribution in [1.29, 1.82) is 0 Å². The minimum Gasteiger partial charge on any atom is -0.494 e. The quantitative estimate of drug-likeness (QED) is 0.383. The number of hydrogen-bond donors (Lipinski definition) is 3. The minimum atomic E-state index is -0.135. The second-order valence-electron chi connectivity index (χ2n) is 8.56. The van der Waals surface area contributed by atoms with Crippen LogP contribution in [0.5, 0.6) is 5.75 Å². The molecule has 0 unspecified atom stereocenters. The molecular weight excluding hydrogens is 461 g/mol. The first-order valence-corrected chi connectivity index (χ1v) is 12.3. The predicted molar refractivity (Wildman–Crippen MR) is 134 cm³/mol. The summed E-state index contributed by atoms with van der Waals surface area (Å²) in [7, 11) is 0. The van der Waals surface area contributed by atoms with Gasteiger partial charge in [-0.3, -0.25) is 0 Å². The third-order valence-corrected chi connectivity index (χ3v) is 6.63. The molecule has 33 heavy (non-hydrogen) atoms. The van der Waals surface area contributed by atoms with Gasteiger partial charge in [0, 0.05) is 36.5 Å². The topological polar surface area (TPSA) is 83.7 Å². The highest BCUT2D eigenvalue weighted by atomic mass is 35.5. The molecule has 2 aromatic heterocycles. The van der Waals surface area contributed by atoms with Crippen LogP contribution in [0.25, 0.3) is 16.8 Å². The number of nitrogens with zero attached hydrogens (tertiary/aromatic N) is 3. The van der Waals surface area contributed by atoms with E-state index in [0.29, 0.717) is 39.7 Å². The molecule has 1 aromatic carbocycles. The second kappa shape index (κ2) is 10.5. The van der Waals surface area contributed by atoms with Crippen LogP contribution in [0.2, 0.25) is 10.0 Å². The first kappa shape index (κ1) is 24.1. The number of aromatic nitrogens is 3. The van der Waals surface area contributed by atoms with Gasteiger partial charge in [-0.1, -0.05) is 23.2 Å². The first-order chi connectivity index (χ1) is 15.9. The van der Waals surface area contributed by atoms with Crippen molar-refractivity contribution in [3.63, 3.8) is 0 Å². The molecule has 178 valence electrons. The van der Waals surface area contributed by atoms with E-state index in [4.69, 9.17) is 38.0 Å². The van der Waals surface area contributed by atoms with E-state index in [1.807, 2.05) is 31.4 Å². The van der Waals surface area contributed by atoms with E-state index in [9.17, 15) is 5.11 Å². The summed E-state index contributed by atoms with van der Waals surface area (Å²) in [6.45, 7) is 7.93. The number of ether oxygens (including phenoxy) is 1. The van der Waals surface area contributed by atoms with Crippen molar-refractivity contribution >= 4 is 34.7 Å². The van der Waals surface area contributed by atoms with Crippen LogP contribution in [-0.4, -0.2) is 51.5 Å². The third-order valence-electron chi connectivity index (χ3n) is 6.03. The summed E-state index contributed by atoms with van der Waals surface area (Å²) in [4.78, 5) is 4.76. The SMILES string of the molecule is CCOc1cc(Cl)c(-c2c(C)nn3c(NCCNC4CCC(O)CC4)cc(C)nc23)c(Cl)c1. The molecule has 7 nitrogen and oxygen atoms in total. The Morgan fingerprint density at radius 2 is 1.76 bits per heavy atom. The van der Waals surface area contributed by atoms with E-state index in [-0.39, 0.29) is 6.10 Å². The summed E-state index contributed by atoms with van der Waals surface area (Å²) >= 11 is 13.3. The lowest BCUT2D eigenvalue weighted by Crippen LogP contribution is -2.37. The van der Waals surface area contributed by atoms with Crippen LogP contribution in [0.3, 0.4) is 0 Å². The normalized spacial score (nSPS) is 18.6. The summed E-state index contributed by atoms with van der Waals surface area (Å²) in [6.07, 6.45) is 3.66. The Morgan fingerprint density at radius 1 is 1.06 bits per heavy atom. The van der Waals surface area contributed by atoms with E-state index >= 15 is 0 Å². The maximum Gasteiger partial charge on any atom is 0.165 e. The Kier molecular flexibility index (Phi) is 7.64. The van der Waals surface area contributed by atoms with E-state index in [1.165, 1.54) is 0 Å². The largest absolute Gasteiger partial charge is 0.494 e. The number of halogens is 2. The summed E-state index contributed by atoms with van der Waals surface area (Å²) in [5, 5.41) is 22.5. The summed E-state index contributed by atoms with van der Waals surface area (Å²) in [5.74, 6) is 1.50. The van der Waals surface area contributed by atoms with Crippen molar-refractivity contribution < 1.29 is 9.84 Å². The average Bonchev–Trinajstić information content (AvgIpc) is 3.08. The third kappa shape index (κ3) is 5.38. The van der Waals surface area contributed by atoms with Gasteiger partial charge in [0.15, 0.2) is 5.65 Å². The van der Waals surface area contributed by atoms with Crippen molar-refractivity contribution in [2.45, 2.75) is 58.6 Å². The molecule has 9 heteroatoms. The molecule has 0 amide bonds. The van der Waals surface area contributed by atoms with Gasteiger partial charge in [0.25, 0.3) is 0 Å². The highest BCUT2D eigenvalue weighted by molar-refractivity contribution is 6.39. The number of hydrogen-bond acceptors (Lipinski definition) is 6. The lowest BCUT2D eigenvalue weighted by atomic mass is 9.93. The van der Waals surface area contributed by atoms with E-state index in [0.717, 1.165) is 61.5 Å². The maximum atomic E-state index is 9.67. The van der Waals surface area contributed by atoms with Gasteiger partial charge in [-0.2, -0.15) is 9.61 Å². The molecule has 0 aliphatic heterocycles.